The van der Waals surface area contributed by atoms with Gasteiger partial charge in [0.05, 0.1) is 4.90 Å². The molecule has 5 nitrogen and oxygen atoms in total. The first-order valence-corrected chi connectivity index (χ1v) is 11.1. The lowest BCUT2D eigenvalue weighted by Gasteiger charge is -2.32. The summed E-state index contributed by atoms with van der Waals surface area (Å²) in [6, 6.07) is 10.8. The molecule has 150 valence electrons. The average molecular weight is 401 g/mol. The highest BCUT2D eigenvalue weighted by Crippen LogP contribution is 2.19. The predicted molar refractivity (Wildman–Crippen MR) is 111 cm³/mol. The fourth-order valence-corrected chi connectivity index (χ4v) is 4.82. The van der Waals surface area contributed by atoms with Crippen molar-refractivity contribution in [1.29, 1.82) is 0 Å². The van der Waals surface area contributed by atoms with Gasteiger partial charge >= 0.3 is 0 Å². The predicted octanol–water partition coefficient (Wildman–Crippen LogP) is 3.50. The molecule has 6 heteroatoms. The average Bonchev–Trinajstić information content (AvgIpc) is 2.66. The zero-order valence-corrected chi connectivity index (χ0v) is 17.8. The molecule has 0 spiro atoms. The molecule has 0 atom stereocenters. The molecular formula is C22H28N2O3S. The van der Waals surface area contributed by atoms with Gasteiger partial charge in [-0.3, -0.25) is 4.79 Å². The highest BCUT2D eigenvalue weighted by Gasteiger charge is 2.27. The summed E-state index contributed by atoms with van der Waals surface area (Å²) < 4.78 is 28.2. The van der Waals surface area contributed by atoms with E-state index in [-0.39, 0.29) is 11.9 Å². The highest BCUT2D eigenvalue weighted by atomic mass is 32.2. The number of likely N-dealkylation sites (tertiary alicyclic amines) is 1. The Kier molecular flexibility index (Phi) is 5.91. The molecule has 0 saturated carbocycles. The van der Waals surface area contributed by atoms with Gasteiger partial charge < -0.3 is 4.90 Å². The van der Waals surface area contributed by atoms with Crippen molar-refractivity contribution in [2.24, 2.45) is 0 Å². The smallest absolute Gasteiger partial charge is 0.253 e. The molecule has 2 aromatic carbocycles. The van der Waals surface area contributed by atoms with E-state index >= 15 is 0 Å². The van der Waals surface area contributed by atoms with Gasteiger partial charge in [-0.05, 0) is 87.1 Å². The van der Waals surface area contributed by atoms with Crippen LogP contribution >= 0.6 is 0 Å². The molecule has 0 radical (unpaired) electrons. The summed E-state index contributed by atoms with van der Waals surface area (Å²) in [5, 5.41) is 0. The number of benzene rings is 2. The van der Waals surface area contributed by atoms with E-state index in [1.165, 1.54) is 0 Å². The second-order valence-electron chi connectivity index (χ2n) is 7.73. The Hall–Kier alpha value is -2.18. The Bertz CT molecular complexity index is 991. The first kappa shape index (κ1) is 20.6. The van der Waals surface area contributed by atoms with Crippen molar-refractivity contribution < 1.29 is 13.2 Å². The molecule has 1 heterocycles. The number of rotatable bonds is 4. The first-order valence-electron chi connectivity index (χ1n) is 9.63. The zero-order chi connectivity index (χ0) is 20.5. The maximum absolute atomic E-state index is 12.7. The van der Waals surface area contributed by atoms with Crippen LogP contribution in [0.1, 0.15) is 45.5 Å². The van der Waals surface area contributed by atoms with Gasteiger partial charge in [0, 0.05) is 24.7 Å². The first-order chi connectivity index (χ1) is 13.2. The topological polar surface area (TPSA) is 66.5 Å². The van der Waals surface area contributed by atoms with E-state index in [0.717, 1.165) is 22.3 Å². The number of sulfonamides is 1. The van der Waals surface area contributed by atoms with E-state index in [2.05, 4.69) is 4.72 Å². The number of hydrogen-bond donors (Lipinski definition) is 1. The summed E-state index contributed by atoms with van der Waals surface area (Å²) in [6.07, 6.45) is 1.22. The third-order valence-electron chi connectivity index (χ3n) is 5.65. The minimum Gasteiger partial charge on any atom is -0.339 e. The van der Waals surface area contributed by atoms with Gasteiger partial charge in [-0.25, -0.2) is 13.1 Å². The Morgan fingerprint density at radius 2 is 1.46 bits per heavy atom. The van der Waals surface area contributed by atoms with Crippen molar-refractivity contribution in [1.82, 2.24) is 9.62 Å². The Morgan fingerprint density at radius 3 is 2.04 bits per heavy atom. The minimum atomic E-state index is -3.55. The summed E-state index contributed by atoms with van der Waals surface area (Å²) in [5.74, 6) is 0.0126. The van der Waals surface area contributed by atoms with Gasteiger partial charge in [-0.15, -0.1) is 0 Å². The summed E-state index contributed by atoms with van der Waals surface area (Å²) in [6.45, 7) is 8.99. The number of aryl methyl sites for hydroxylation is 4. The number of carbonyl (C=O) groups is 1. The molecule has 1 fully saturated rings. The molecule has 0 aromatic heterocycles. The number of amides is 1. The van der Waals surface area contributed by atoms with Gasteiger partial charge in [0.1, 0.15) is 0 Å². The van der Waals surface area contributed by atoms with Crippen molar-refractivity contribution in [3.63, 3.8) is 0 Å². The molecule has 1 saturated heterocycles. The van der Waals surface area contributed by atoms with Gasteiger partial charge in [-0.1, -0.05) is 12.1 Å². The lowest BCUT2D eigenvalue weighted by molar-refractivity contribution is 0.0711. The van der Waals surface area contributed by atoms with Crippen LogP contribution in [0.2, 0.25) is 0 Å². The minimum absolute atomic E-state index is 0.0126. The van der Waals surface area contributed by atoms with Crippen molar-refractivity contribution in [2.75, 3.05) is 13.1 Å². The summed E-state index contributed by atoms with van der Waals surface area (Å²) in [4.78, 5) is 14.8. The van der Waals surface area contributed by atoms with Crippen molar-refractivity contribution >= 4 is 15.9 Å². The summed E-state index contributed by atoms with van der Waals surface area (Å²) in [7, 11) is -3.55. The summed E-state index contributed by atoms with van der Waals surface area (Å²) >= 11 is 0. The summed E-state index contributed by atoms with van der Waals surface area (Å²) in [5.41, 5.74) is 4.98. The fourth-order valence-electron chi connectivity index (χ4n) is 3.43. The van der Waals surface area contributed by atoms with Crippen molar-refractivity contribution in [2.45, 2.75) is 51.5 Å². The van der Waals surface area contributed by atoms with E-state index in [9.17, 15) is 13.2 Å². The molecule has 2 aromatic rings. The fraction of sp³-hybridized carbons (Fsp3) is 0.409. The number of hydrogen-bond acceptors (Lipinski definition) is 3. The number of piperidine rings is 1. The van der Waals surface area contributed by atoms with Crippen LogP contribution in [0.4, 0.5) is 0 Å². The van der Waals surface area contributed by atoms with E-state index in [0.29, 0.717) is 36.4 Å². The molecular weight excluding hydrogens is 372 g/mol. The van der Waals surface area contributed by atoms with Gasteiger partial charge in [0.15, 0.2) is 0 Å². The second kappa shape index (κ2) is 8.05. The standard InChI is InChI=1S/C22H28N2O3S/c1-15-5-7-19(13-17(15)3)22(25)24-11-9-20(10-12-24)23-28(26,27)21-8-6-16(2)18(4)14-21/h5-8,13-14,20,23H,9-12H2,1-4H3. The van der Waals surface area contributed by atoms with Crippen LogP contribution in [0.25, 0.3) is 0 Å². The third kappa shape index (κ3) is 4.45. The normalized spacial score (nSPS) is 15.6. The molecule has 1 amide bonds. The molecule has 1 aliphatic heterocycles. The largest absolute Gasteiger partial charge is 0.339 e. The Morgan fingerprint density at radius 1 is 0.893 bits per heavy atom. The lowest BCUT2D eigenvalue weighted by atomic mass is 10.0. The third-order valence-corrected chi connectivity index (χ3v) is 7.16. The molecule has 3 rings (SSSR count). The Labute approximate surface area is 167 Å². The second-order valence-corrected chi connectivity index (χ2v) is 9.45. The molecule has 0 aliphatic carbocycles. The van der Waals surface area contributed by atoms with Crippen LogP contribution in [0.15, 0.2) is 41.3 Å². The number of nitrogens with zero attached hydrogens (tertiary/aromatic N) is 1. The molecule has 0 bridgehead atoms. The van der Waals surface area contributed by atoms with Gasteiger partial charge in [0.2, 0.25) is 10.0 Å². The van der Waals surface area contributed by atoms with Crippen LogP contribution < -0.4 is 4.72 Å². The van der Waals surface area contributed by atoms with Crippen LogP contribution in [-0.4, -0.2) is 38.4 Å². The number of nitrogens with one attached hydrogen (secondary N) is 1. The van der Waals surface area contributed by atoms with E-state index < -0.39 is 10.0 Å². The van der Waals surface area contributed by atoms with E-state index in [1.54, 1.807) is 12.1 Å². The monoisotopic (exact) mass is 400 g/mol. The molecule has 28 heavy (non-hydrogen) atoms. The molecule has 1 aliphatic rings. The van der Waals surface area contributed by atoms with E-state index in [1.807, 2.05) is 56.9 Å². The van der Waals surface area contributed by atoms with Crippen LogP contribution in [0.5, 0.6) is 0 Å². The Balaban J connectivity index is 1.62. The van der Waals surface area contributed by atoms with Crippen molar-refractivity contribution in [3.05, 3.63) is 64.2 Å². The number of carbonyl (C=O) groups excluding carboxylic acids is 1. The quantitative estimate of drug-likeness (QED) is 0.854. The van der Waals surface area contributed by atoms with Crippen LogP contribution in [0, 0.1) is 27.7 Å². The maximum atomic E-state index is 12.7. The lowest BCUT2D eigenvalue weighted by Crippen LogP contribution is -2.46. The molecule has 1 N–H and O–H groups in total. The maximum Gasteiger partial charge on any atom is 0.253 e. The van der Waals surface area contributed by atoms with Gasteiger partial charge in [-0.2, -0.15) is 0 Å². The van der Waals surface area contributed by atoms with Crippen LogP contribution in [0.3, 0.4) is 0 Å². The zero-order valence-electron chi connectivity index (χ0n) is 17.0. The van der Waals surface area contributed by atoms with Crippen LogP contribution in [-0.2, 0) is 10.0 Å². The van der Waals surface area contributed by atoms with Crippen molar-refractivity contribution in [3.8, 4) is 0 Å². The van der Waals surface area contributed by atoms with E-state index in [4.69, 9.17) is 0 Å². The highest BCUT2D eigenvalue weighted by molar-refractivity contribution is 7.89. The molecule has 0 unspecified atom stereocenters. The van der Waals surface area contributed by atoms with Gasteiger partial charge in [0.25, 0.3) is 5.91 Å². The SMILES string of the molecule is Cc1ccc(C(=O)N2CCC(NS(=O)(=O)c3ccc(C)c(C)c3)CC2)cc1C.